The normalized spacial score (nSPS) is 13.0. The van der Waals surface area contributed by atoms with Crippen LogP contribution < -0.4 is 22.9 Å². The fourth-order valence-electron chi connectivity index (χ4n) is 3.82. The quantitative estimate of drug-likeness (QED) is 0.0402. The Kier molecular flexibility index (Phi) is 31.8. The fraction of sp³-hybridized carbons (Fsp3) is 0.474. The number of aromatic nitrogens is 8. The van der Waals surface area contributed by atoms with E-state index in [1.165, 1.54) is 12.4 Å². The van der Waals surface area contributed by atoms with Gasteiger partial charge < -0.3 is 51.2 Å². The molecule has 0 aromatic carbocycles. The van der Waals surface area contributed by atoms with Crippen molar-refractivity contribution in [1.29, 1.82) is 0 Å². The second-order valence-electron chi connectivity index (χ2n) is 12.8. The van der Waals surface area contributed by atoms with Crippen LogP contribution in [0, 0.1) is 0 Å². The average Bonchev–Trinajstić information content (AvgIpc) is 3.45. The minimum atomic E-state index is -0.299. The zero-order valence-corrected chi connectivity index (χ0v) is 40.7. The Morgan fingerprint density at radius 3 is 1.60 bits per heavy atom. The van der Waals surface area contributed by atoms with Crippen molar-refractivity contribution < 1.29 is 28.3 Å². The van der Waals surface area contributed by atoms with Crippen molar-refractivity contribution in [3.8, 4) is 0 Å². The number of rotatable bonds is 14. The zero-order chi connectivity index (χ0) is 46.8. The summed E-state index contributed by atoms with van der Waals surface area (Å²) in [5.74, 6) is 3.52. The summed E-state index contributed by atoms with van der Waals surface area (Å²) in [5, 5.41) is 0. The molecule has 4 aromatic rings. The fourth-order valence-corrected chi connectivity index (χ4v) is 4.35. The second-order valence-corrected chi connectivity index (χ2v) is 14.6. The molecule has 0 amide bonds. The monoisotopic (exact) mass is 1010 g/mol. The molecule has 0 unspecified atom stereocenters. The predicted octanol–water partition coefficient (Wildman–Crippen LogP) is 6.28. The van der Waals surface area contributed by atoms with E-state index in [2.05, 4.69) is 96.5 Å². The number of anilines is 4. The first kappa shape index (κ1) is 57.7. The van der Waals surface area contributed by atoms with Gasteiger partial charge in [0, 0.05) is 26.1 Å². The molecule has 339 valence electrons. The maximum atomic E-state index is 5.72. The molecular formula is C38H60B2Br2N13O6S. The molecule has 1 saturated heterocycles. The van der Waals surface area contributed by atoms with Gasteiger partial charge in [-0.25, -0.2) is 29.9 Å². The molecule has 1 aliphatic rings. The van der Waals surface area contributed by atoms with Crippen LogP contribution in [0.3, 0.4) is 0 Å². The van der Waals surface area contributed by atoms with Crippen molar-refractivity contribution in [2.24, 2.45) is 4.30 Å². The van der Waals surface area contributed by atoms with Crippen LogP contribution in [0.1, 0.15) is 72.5 Å². The Hall–Kier alpha value is -4.32. The number of nitrogens with zero attached hydrogens (tertiary/aromatic N) is 9. The summed E-state index contributed by atoms with van der Waals surface area (Å²) in [4.78, 5) is 31.6. The first-order chi connectivity index (χ1) is 29.5. The van der Waals surface area contributed by atoms with Crippen LogP contribution in [-0.4, -0.2) is 105 Å². The molecule has 5 heterocycles. The number of ether oxygens (including phenoxy) is 4. The van der Waals surface area contributed by atoms with Gasteiger partial charge in [-0.3, -0.25) is 9.97 Å². The third-order valence-corrected chi connectivity index (χ3v) is 8.54. The van der Waals surface area contributed by atoms with E-state index in [1.54, 1.807) is 55.6 Å². The van der Waals surface area contributed by atoms with Crippen molar-refractivity contribution in [2.75, 3.05) is 62.6 Å². The number of nitrogen functional groups attached to an aromatic ring is 4. The Morgan fingerprint density at radius 1 is 0.677 bits per heavy atom. The molecular weight excluding hydrogens is 948 g/mol. The van der Waals surface area contributed by atoms with Crippen LogP contribution in [0.5, 0.6) is 0 Å². The van der Waals surface area contributed by atoms with Gasteiger partial charge in [0.25, 0.3) is 0 Å². The van der Waals surface area contributed by atoms with Crippen LogP contribution >= 0.6 is 44.7 Å². The van der Waals surface area contributed by atoms with Gasteiger partial charge in [0.1, 0.15) is 26.7 Å². The van der Waals surface area contributed by atoms with Crippen LogP contribution in [0.25, 0.3) is 6.08 Å². The molecule has 24 heteroatoms. The van der Waals surface area contributed by atoms with E-state index in [0.29, 0.717) is 58.9 Å². The molecule has 62 heavy (non-hydrogen) atoms. The van der Waals surface area contributed by atoms with Crippen LogP contribution in [0.15, 0.2) is 75.4 Å². The predicted molar refractivity (Wildman–Crippen MR) is 256 cm³/mol. The van der Waals surface area contributed by atoms with Crippen LogP contribution in [0.4, 0.5) is 23.3 Å². The molecule has 0 bridgehead atoms. The van der Waals surface area contributed by atoms with E-state index in [-0.39, 0.29) is 18.3 Å². The molecule has 19 nitrogen and oxygen atoms in total. The van der Waals surface area contributed by atoms with E-state index in [1.807, 2.05) is 55.4 Å². The molecule has 1 aliphatic heterocycles. The van der Waals surface area contributed by atoms with Crippen molar-refractivity contribution in [2.45, 2.75) is 79.4 Å². The summed E-state index contributed by atoms with van der Waals surface area (Å²) in [5.41, 5.74) is 23.4. The van der Waals surface area contributed by atoms with Crippen molar-refractivity contribution >= 4 is 88.8 Å². The Bertz CT molecular complexity index is 1790. The standard InChI is InChI=1S/C10H19BO3.C8H12BrN3O.C8H13N3O.C8H11N3O.C4H4BrN3.BHNS/c1-6-12-8-7-11-13-9(2,3)10(4,5)14-11;1-2-13-4-3-6-5-11-8(10)7(9)12-6;2*1-2-12-4-3-7-5-11-8(9)6-10-7;5-3-1-8-4(6)2-7-3;1-2-3/h7-8H,6H2,1-5H3;5H,2-4H2,1H3,(H2,10,11);5-6H,2-4H2,1H3,(H2,9,11);3-6H,2H2,1H3,(H2,9,11);1-2H,(H2,6,8);3H/b8-7+;;;4-3+;;. The number of thiol groups is 1. The van der Waals surface area contributed by atoms with E-state index in [9.17, 15) is 0 Å². The van der Waals surface area contributed by atoms with Gasteiger partial charge >= 0.3 is 31.9 Å². The van der Waals surface area contributed by atoms with Gasteiger partial charge in [-0.2, -0.15) is 0 Å². The summed E-state index contributed by atoms with van der Waals surface area (Å²) in [6, 6.07) is 0. The van der Waals surface area contributed by atoms with Gasteiger partial charge in [-0.1, -0.05) is 0 Å². The third-order valence-electron chi connectivity index (χ3n) is 7.55. The Morgan fingerprint density at radius 2 is 1.16 bits per heavy atom. The Balaban J connectivity index is 0.000000744. The second kappa shape index (κ2) is 34.2. The summed E-state index contributed by atoms with van der Waals surface area (Å²) in [6.45, 7) is 20.0. The van der Waals surface area contributed by atoms with Crippen LogP contribution in [0.2, 0.25) is 0 Å². The summed E-state index contributed by atoms with van der Waals surface area (Å²) < 4.78 is 35.9. The summed E-state index contributed by atoms with van der Waals surface area (Å²) >= 11 is 9.52. The maximum absolute atomic E-state index is 5.72. The minimum absolute atomic E-state index is 0.270. The van der Waals surface area contributed by atoms with Crippen molar-refractivity contribution in [3.63, 3.8) is 0 Å². The van der Waals surface area contributed by atoms with Gasteiger partial charge in [0.15, 0.2) is 5.82 Å². The van der Waals surface area contributed by atoms with E-state index >= 15 is 0 Å². The molecule has 8 N–H and O–H groups in total. The topological polar surface area (TPSA) is 275 Å². The number of hydrogen-bond donors (Lipinski definition) is 5. The summed E-state index contributed by atoms with van der Waals surface area (Å²) in [7, 11) is 4.04. The molecule has 5 rings (SSSR count). The summed E-state index contributed by atoms with van der Waals surface area (Å²) in [6.07, 6.45) is 17.5. The van der Waals surface area contributed by atoms with Gasteiger partial charge in [-0.15, -0.1) is 0 Å². The average molecular weight is 1010 g/mol. The molecule has 0 saturated carbocycles. The first-order valence-electron chi connectivity index (χ1n) is 19.2. The van der Waals surface area contributed by atoms with Crippen LogP contribution in [-0.2, 0) is 41.1 Å². The number of nitrogens with two attached hydrogens (primary N) is 4. The molecule has 0 atom stereocenters. The van der Waals surface area contributed by atoms with E-state index in [4.69, 9.17) is 51.2 Å². The third kappa shape index (κ3) is 27.6. The van der Waals surface area contributed by atoms with Crippen molar-refractivity contribution in [3.05, 3.63) is 88.2 Å². The first-order valence-corrected chi connectivity index (χ1v) is 21.2. The van der Waals surface area contributed by atoms with Gasteiger partial charge in [0.05, 0.1) is 111 Å². The molecule has 0 aliphatic carbocycles. The molecule has 0 spiro atoms. The molecule has 4 aromatic heterocycles. The SMILES string of the molecule is CCO/C=C/B1OC(C)(C)C(C)(C)O1.CCO/C=C/c1cnc(N)cn1.CCOCCc1cnc(N)c(Br)n1.CCOCCc1cnc(N)cn1.Nc1cnc(Br)cn1.[B]=NS. The number of hydrogen-bond acceptors (Lipinski definition) is 20. The molecule has 1 radical (unpaired) electrons. The molecule has 1 fully saturated rings. The number of halogens is 2. The van der Waals surface area contributed by atoms with E-state index in [0.717, 1.165) is 43.1 Å². The van der Waals surface area contributed by atoms with E-state index < -0.39 is 0 Å². The van der Waals surface area contributed by atoms with Crippen molar-refractivity contribution in [1.82, 2.24) is 39.9 Å². The van der Waals surface area contributed by atoms with Gasteiger partial charge in [0.2, 0.25) is 0 Å². The Labute approximate surface area is 389 Å². The zero-order valence-electron chi connectivity index (χ0n) is 36.6. The van der Waals surface area contributed by atoms with Gasteiger partial charge in [-0.05, 0) is 99.3 Å².